The van der Waals surface area contributed by atoms with Crippen molar-refractivity contribution >= 4 is 23.2 Å². The van der Waals surface area contributed by atoms with Gasteiger partial charge in [-0.25, -0.2) is 0 Å². The van der Waals surface area contributed by atoms with Gasteiger partial charge in [-0.3, -0.25) is 10.1 Å². The zero-order chi connectivity index (χ0) is 26.3. The number of nitrogens with zero attached hydrogens (tertiary/aromatic N) is 3. The number of hydrogen-bond donors (Lipinski definition) is 3. The average molecular weight is 497 g/mol. The number of phenolic OH excluding ortho intramolecular Hbond substituents is 1. The molecule has 3 aromatic rings. The number of furan rings is 1. The van der Waals surface area contributed by atoms with Gasteiger partial charge in [-0.15, -0.1) is 0 Å². The second kappa shape index (κ2) is 9.04. The number of aromatic nitrogens is 2. The van der Waals surface area contributed by atoms with Crippen molar-refractivity contribution in [2.45, 2.75) is 39.9 Å². The number of anilines is 3. The third-order valence-electron chi connectivity index (χ3n) is 5.16. The van der Waals surface area contributed by atoms with Crippen LogP contribution in [0.5, 0.6) is 5.75 Å². The van der Waals surface area contributed by atoms with Crippen molar-refractivity contribution in [2.75, 3.05) is 24.7 Å². The Bertz CT molecular complexity index is 1230. The van der Waals surface area contributed by atoms with Crippen molar-refractivity contribution in [3.05, 3.63) is 52.1 Å². The summed E-state index contributed by atoms with van der Waals surface area (Å²) in [7, 11) is 2.50. The van der Waals surface area contributed by atoms with Crippen LogP contribution in [0.25, 0.3) is 0 Å². The zero-order valence-corrected chi connectivity index (χ0v) is 19.9. The van der Waals surface area contributed by atoms with Crippen molar-refractivity contribution in [2.24, 2.45) is 5.41 Å². The van der Waals surface area contributed by atoms with Gasteiger partial charge < -0.3 is 29.6 Å². The number of carbonyl (C=O) groups is 1. The molecule has 0 spiro atoms. The molecule has 1 atom stereocenters. The summed E-state index contributed by atoms with van der Waals surface area (Å²) in [6.07, 6.45) is -4.90. The fourth-order valence-corrected chi connectivity index (χ4v) is 3.40. The first kappa shape index (κ1) is 25.7. The van der Waals surface area contributed by atoms with Gasteiger partial charge in [0.25, 0.3) is 11.7 Å². The Balaban J connectivity index is 2.04. The molecule has 0 unspecified atom stereocenters. The van der Waals surface area contributed by atoms with E-state index in [9.17, 15) is 28.3 Å². The minimum atomic E-state index is -4.90. The highest BCUT2D eigenvalue weighted by Gasteiger charge is 2.39. The van der Waals surface area contributed by atoms with Gasteiger partial charge in [0.15, 0.2) is 5.75 Å². The summed E-state index contributed by atoms with van der Waals surface area (Å²) in [4.78, 5) is 13.3. The van der Waals surface area contributed by atoms with Gasteiger partial charge in [-0.05, 0) is 41.8 Å². The number of carbonyl (C=O) groups excluding carboxylic acids is 1. The molecule has 2 heterocycles. The number of halogens is 3. The highest BCUT2D eigenvalue weighted by Crippen LogP contribution is 2.42. The Morgan fingerprint density at radius 3 is 2.37 bits per heavy atom. The minimum Gasteiger partial charge on any atom is -0.504 e. The Morgan fingerprint density at radius 2 is 1.86 bits per heavy atom. The van der Waals surface area contributed by atoms with Gasteiger partial charge >= 0.3 is 12.0 Å². The number of aryl methyl sites for hydroxylation is 1. The Morgan fingerprint density at radius 1 is 1.20 bits per heavy atom. The van der Waals surface area contributed by atoms with Gasteiger partial charge in [-0.2, -0.15) is 13.2 Å². The molecule has 0 aliphatic heterocycles. The maximum absolute atomic E-state index is 13.5. The van der Waals surface area contributed by atoms with E-state index in [4.69, 9.17) is 4.42 Å². The predicted molar refractivity (Wildman–Crippen MR) is 119 cm³/mol. The number of alkyl halides is 3. The van der Waals surface area contributed by atoms with Crippen LogP contribution in [0.4, 0.5) is 30.5 Å². The van der Waals surface area contributed by atoms with Crippen LogP contribution < -0.4 is 15.5 Å². The van der Waals surface area contributed by atoms with E-state index in [1.54, 1.807) is 19.1 Å². The van der Waals surface area contributed by atoms with Crippen molar-refractivity contribution in [1.29, 1.82) is 0 Å². The molecule has 0 fully saturated rings. The standard InChI is InChI=1S/C22H26F3N5O5/c1-11-7-10-14(34-11)17(21(2,3)4)27-18-19(30(33)35-28-18)26-13-9-8-12(22(23,24)25)15(16(13)31)20(32)29(5)6/h7-10,17,26,31H,1-6H3,(H,27,28)/t17-/m0/s1. The van der Waals surface area contributed by atoms with Crippen LogP contribution >= 0.6 is 0 Å². The second-order valence-corrected chi connectivity index (χ2v) is 9.23. The van der Waals surface area contributed by atoms with Gasteiger partial charge in [-0.1, -0.05) is 25.7 Å². The normalized spacial score (nSPS) is 12.9. The molecular weight excluding hydrogens is 471 g/mol. The number of phenols is 1. The first-order valence-corrected chi connectivity index (χ1v) is 10.5. The molecular formula is C22H26F3N5O5. The van der Waals surface area contributed by atoms with Gasteiger partial charge in [0.1, 0.15) is 17.2 Å². The van der Waals surface area contributed by atoms with Crippen LogP contribution in [0.1, 0.15) is 54.3 Å². The van der Waals surface area contributed by atoms with Crippen molar-refractivity contribution in [1.82, 2.24) is 10.1 Å². The van der Waals surface area contributed by atoms with Crippen LogP contribution in [-0.4, -0.2) is 35.2 Å². The SMILES string of the molecule is Cc1ccc([C@H](Nc2no[n+]([O-])c2Nc2ccc(C(F)(F)F)c(C(=O)N(C)C)c2O)C(C)(C)C)o1. The summed E-state index contributed by atoms with van der Waals surface area (Å²) in [5.41, 5.74) is -3.05. The molecule has 190 valence electrons. The third-order valence-corrected chi connectivity index (χ3v) is 5.16. The number of hydrogen-bond acceptors (Lipinski definition) is 8. The molecule has 0 aliphatic carbocycles. The topological polar surface area (TPSA) is 131 Å². The van der Waals surface area contributed by atoms with E-state index in [0.29, 0.717) is 17.6 Å². The highest BCUT2D eigenvalue weighted by molar-refractivity contribution is 6.00. The van der Waals surface area contributed by atoms with Crippen molar-refractivity contribution in [3.8, 4) is 5.75 Å². The largest absolute Gasteiger partial charge is 0.504 e. The van der Waals surface area contributed by atoms with Crippen LogP contribution in [0.3, 0.4) is 0 Å². The molecule has 13 heteroatoms. The molecule has 3 N–H and O–H groups in total. The molecule has 0 aliphatic rings. The van der Waals surface area contributed by atoms with Gasteiger partial charge in [0, 0.05) is 14.1 Å². The first-order valence-electron chi connectivity index (χ1n) is 10.5. The Hall–Kier alpha value is -3.90. The fraction of sp³-hybridized carbons (Fsp3) is 0.409. The number of benzene rings is 1. The number of amides is 1. The van der Waals surface area contributed by atoms with Crippen molar-refractivity contribution in [3.63, 3.8) is 0 Å². The van der Waals surface area contributed by atoms with E-state index in [1.807, 2.05) is 20.8 Å². The summed E-state index contributed by atoms with van der Waals surface area (Å²) in [5.74, 6) is -1.27. The molecule has 0 radical (unpaired) electrons. The monoisotopic (exact) mass is 497 g/mol. The summed E-state index contributed by atoms with van der Waals surface area (Å²) in [5, 5.41) is 32.2. The molecule has 3 rings (SSSR count). The maximum atomic E-state index is 13.5. The van der Waals surface area contributed by atoms with E-state index in [0.717, 1.165) is 11.0 Å². The van der Waals surface area contributed by atoms with E-state index < -0.39 is 40.4 Å². The molecule has 0 bridgehead atoms. The maximum Gasteiger partial charge on any atom is 0.417 e. The third kappa shape index (κ3) is 5.28. The lowest BCUT2D eigenvalue weighted by atomic mass is 9.85. The quantitative estimate of drug-likeness (QED) is 0.333. The summed E-state index contributed by atoms with van der Waals surface area (Å²) < 4.78 is 50.9. The van der Waals surface area contributed by atoms with E-state index >= 15 is 0 Å². The molecule has 1 amide bonds. The number of aromatic hydroxyl groups is 1. The number of nitrogens with one attached hydrogen (secondary N) is 2. The van der Waals surface area contributed by atoms with Gasteiger partial charge in [0.2, 0.25) is 0 Å². The molecule has 1 aromatic carbocycles. The Labute approximate surface area is 198 Å². The lowest BCUT2D eigenvalue weighted by Gasteiger charge is -2.29. The van der Waals surface area contributed by atoms with Crippen LogP contribution in [-0.2, 0) is 6.18 Å². The fourth-order valence-electron chi connectivity index (χ4n) is 3.40. The average Bonchev–Trinajstić information content (AvgIpc) is 3.30. The molecule has 35 heavy (non-hydrogen) atoms. The van der Waals surface area contributed by atoms with E-state index in [2.05, 4.69) is 20.4 Å². The summed E-state index contributed by atoms with van der Waals surface area (Å²) in [6, 6.07) is 4.58. The Kier molecular flexibility index (Phi) is 6.64. The minimum absolute atomic E-state index is 0.0139. The molecule has 0 saturated heterocycles. The number of rotatable bonds is 6. The lowest BCUT2D eigenvalue weighted by Crippen LogP contribution is -2.29. The van der Waals surface area contributed by atoms with Crippen LogP contribution in [0.2, 0.25) is 0 Å². The second-order valence-electron chi connectivity index (χ2n) is 9.23. The van der Waals surface area contributed by atoms with Gasteiger partial charge in [0.05, 0.1) is 17.2 Å². The molecule has 2 aromatic heterocycles. The molecule has 10 nitrogen and oxygen atoms in total. The molecule has 0 saturated carbocycles. The summed E-state index contributed by atoms with van der Waals surface area (Å²) >= 11 is 0. The van der Waals surface area contributed by atoms with Crippen LogP contribution in [0.15, 0.2) is 33.3 Å². The van der Waals surface area contributed by atoms with Crippen molar-refractivity contribution < 1.29 is 37.0 Å². The van der Waals surface area contributed by atoms with E-state index in [1.165, 1.54) is 14.1 Å². The highest BCUT2D eigenvalue weighted by atomic mass is 19.4. The zero-order valence-electron chi connectivity index (χ0n) is 19.9. The first-order chi connectivity index (χ1) is 16.1. The van der Waals surface area contributed by atoms with Crippen LogP contribution in [0, 0.1) is 17.5 Å². The van der Waals surface area contributed by atoms with E-state index in [-0.39, 0.29) is 22.2 Å². The smallest absolute Gasteiger partial charge is 0.417 e. The lowest BCUT2D eigenvalue weighted by molar-refractivity contribution is -0.790. The predicted octanol–water partition coefficient (Wildman–Crippen LogP) is 4.58. The summed E-state index contributed by atoms with van der Waals surface area (Å²) in [6.45, 7) is 7.53.